The molecular weight excluding hydrogens is 190 g/mol. The second-order valence-corrected chi connectivity index (χ2v) is 5.31. The second-order valence-electron chi connectivity index (χ2n) is 5.31. The average molecular weight is 215 g/mol. The van der Waals surface area contributed by atoms with Crippen LogP contribution in [0.25, 0.3) is 0 Å². The van der Waals surface area contributed by atoms with Crippen molar-refractivity contribution in [3.8, 4) is 0 Å². The smallest absolute Gasteiger partial charge is 0.310 e. The van der Waals surface area contributed by atoms with E-state index < -0.39 is 0 Å². The molecule has 0 aliphatic carbocycles. The van der Waals surface area contributed by atoms with Crippen molar-refractivity contribution in [1.82, 2.24) is 4.90 Å². The molecule has 90 valence electrons. The lowest BCUT2D eigenvalue weighted by atomic mass is 9.77. The Hall–Kier alpha value is -0.570. The normalized spacial score (nSPS) is 16.3. The molecule has 3 heteroatoms. The first-order valence-electron chi connectivity index (χ1n) is 5.50. The molecule has 0 saturated heterocycles. The molecule has 0 aliphatic heterocycles. The van der Waals surface area contributed by atoms with Gasteiger partial charge in [0, 0.05) is 6.04 Å². The lowest BCUT2D eigenvalue weighted by Crippen LogP contribution is -2.48. The third kappa shape index (κ3) is 3.82. The van der Waals surface area contributed by atoms with Gasteiger partial charge in [0.25, 0.3) is 0 Å². The summed E-state index contributed by atoms with van der Waals surface area (Å²) >= 11 is 0. The van der Waals surface area contributed by atoms with E-state index in [2.05, 4.69) is 25.7 Å². The first-order chi connectivity index (χ1) is 6.75. The van der Waals surface area contributed by atoms with E-state index in [-0.39, 0.29) is 23.3 Å². The summed E-state index contributed by atoms with van der Waals surface area (Å²) in [7, 11) is 5.49. The quantitative estimate of drug-likeness (QED) is 0.673. The van der Waals surface area contributed by atoms with Crippen LogP contribution in [0.15, 0.2) is 0 Å². The van der Waals surface area contributed by atoms with E-state index in [9.17, 15) is 4.79 Å². The number of hydrogen-bond acceptors (Lipinski definition) is 3. The van der Waals surface area contributed by atoms with Crippen LogP contribution in [-0.2, 0) is 9.53 Å². The zero-order valence-electron chi connectivity index (χ0n) is 11.1. The van der Waals surface area contributed by atoms with Crippen LogP contribution in [0.3, 0.4) is 0 Å². The maximum Gasteiger partial charge on any atom is 0.310 e. The molecule has 0 saturated carbocycles. The van der Waals surface area contributed by atoms with Gasteiger partial charge in [-0.15, -0.1) is 0 Å². The summed E-state index contributed by atoms with van der Waals surface area (Å²) in [5.74, 6) is -0.156. The predicted molar refractivity (Wildman–Crippen MR) is 62.7 cm³/mol. The van der Waals surface area contributed by atoms with Crippen LogP contribution >= 0.6 is 0 Å². The summed E-state index contributed by atoms with van der Waals surface area (Å²) in [6.45, 7) is 8.50. The van der Waals surface area contributed by atoms with Crippen molar-refractivity contribution in [2.24, 2.45) is 11.3 Å². The molecule has 0 bridgehead atoms. The van der Waals surface area contributed by atoms with Crippen molar-refractivity contribution in [3.05, 3.63) is 0 Å². The van der Waals surface area contributed by atoms with Gasteiger partial charge >= 0.3 is 5.97 Å². The monoisotopic (exact) mass is 215 g/mol. The zero-order chi connectivity index (χ0) is 12.2. The third-order valence-corrected chi connectivity index (χ3v) is 2.77. The Morgan fingerprint density at radius 2 is 1.80 bits per heavy atom. The Bertz CT molecular complexity index is 206. The van der Waals surface area contributed by atoms with Gasteiger partial charge in [0.05, 0.1) is 13.0 Å². The van der Waals surface area contributed by atoms with Crippen molar-refractivity contribution in [2.75, 3.05) is 21.2 Å². The van der Waals surface area contributed by atoms with Gasteiger partial charge in [-0.25, -0.2) is 0 Å². The maximum absolute atomic E-state index is 11.7. The van der Waals surface area contributed by atoms with Crippen LogP contribution in [0.2, 0.25) is 0 Å². The molecule has 0 aliphatic rings. The molecule has 0 aromatic rings. The van der Waals surface area contributed by atoms with Gasteiger partial charge in [-0.1, -0.05) is 27.7 Å². The number of ether oxygens (including phenoxy) is 1. The minimum Gasteiger partial charge on any atom is -0.469 e. The fraction of sp³-hybridized carbons (Fsp3) is 0.917. The Labute approximate surface area is 93.8 Å². The Morgan fingerprint density at radius 1 is 1.33 bits per heavy atom. The summed E-state index contributed by atoms with van der Waals surface area (Å²) in [6, 6.07) is 0.204. The number of carbonyl (C=O) groups is 1. The van der Waals surface area contributed by atoms with Crippen molar-refractivity contribution >= 4 is 5.97 Å². The first kappa shape index (κ1) is 14.4. The lowest BCUT2D eigenvalue weighted by molar-refractivity contribution is -0.149. The summed E-state index contributed by atoms with van der Waals surface area (Å²) in [5, 5.41) is 0. The Balaban J connectivity index is 4.96. The van der Waals surface area contributed by atoms with Gasteiger partial charge in [-0.2, -0.15) is 0 Å². The molecule has 2 atom stereocenters. The number of hydrogen-bond donors (Lipinski definition) is 0. The SMILES string of the molecule is CCC(C(=O)OC)C(N(C)C)C(C)(C)C. The number of carbonyl (C=O) groups excluding carboxylic acids is 1. The fourth-order valence-corrected chi connectivity index (χ4v) is 2.41. The van der Waals surface area contributed by atoms with Gasteiger partial charge in [-0.05, 0) is 25.9 Å². The number of esters is 1. The molecule has 0 fully saturated rings. The van der Waals surface area contributed by atoms with Crippen LogP contribution < -0.4 is 0 Å². The summed E-state index contributed by atoms with van der Waals surface area (Å²) in [5.41, 5.74) is 0.0678. The highest BCUT2D eigenvalue weighted by atomic mass is 16.5. The number of methoxy groups -OCH3 is 1. The lowest BCUT2D eigenvalue weighted by Gasteiger charge is -2.40. The van der Waals surface area contributed by atoms with Gasteiger partial charge in [-0.3, -0.25) is 4.79 Å². The summed E-state index contributed by atoms with van der Waals surface area (Å²) in [6.07, 6.45) is 0.812. The molecule has 0 amide bonds. The van der Waals surface area contributed by atoms with Crippen LogP contribution in [-0.4, -0.2) is 38.1 Å². The Kier molecular flexibility index (Phi) is 5.29. The van der Waals surface area contributed by atoms with Crippen molar-refractivity contribution < 1.29 is 9.53 Å². The average Bonchev–Trinajstić information content (AvgIpc) is 2.09. The molecular formula is C12H25NO2. The van der Waals surface area contributed by atoms with Crippen LogP contribution in [0.4, 0.5) is 0 Å². The fourth-order valence-electron chi connectivity index (χ4n) is 2.41. The second kappa shape index (κ2) is 5.50. The Morgan fingerprint density at radius 3 is 2.00 bits per heavy atom. The van der Waals surface area contributed by atoms with Crippen LogP contribution in [0, 0.1) is 11.3 Å². The highest BCUT2D eigenvalue weighted by molar-refractivity contribution is 5.73. The topological polar surface area (TPSA) is 29.5 Å². The summed E-state index contributed by atoms with van der Waals surface area (Å²) in [4.78, 5) is 13.8. The molecule has 0 N–H and O–H groups in total. The van der Waals surface area contributed by atoms with E-state index >= 15 is 0 Å². The van der Waals surface area contributed by atoms with E-state index in [1.54, 1.807) is 0 Å². The molecule has 0 radical (unpaired) electrons. The minimum absolute atomic E-state index is 0.0509. The highest BCUT2D eigenvalue weighted by Crippen LogP contribution is 2.31. The van der Waals surface area contributed by atoms with Crippen molar-refractivity contribution in [3.63, 3.8) is 0 Å². The molecule has 2 unspecified atom stereocenters. The van der Waals surface area contributed by atoms with Gasteiger partial charge in [0.2, 0.25) is 0 Å². The van der Waals surface area contributed by atoms with Gasteiger partial charge in [0.1, 0.15) is 0 Å². The molecule has 0 rings (SSSR count). The first-order valence-corrected chi connectivity index (χ1v) is 5.50. The predicted octanol–water partition coefficient (Wildman–Crippen LogP) is 2.16. The van der Waals surface area contributed by atoms with Crippen molar-refractivity contribution in [2.45, 2.75) is 40.2 Å². The molecule has 0 spiro atoms. The van der Waals surface area contributed by atoms with Crippen molar-refractivity contribution in [1.29, 1.82) is 0 Å². The molecule has 0 heterocycles. The number of rotatable bonds is 4. The third-order valence-electron chi connectivity index (χ3n) is 2.77. The maximum atomic E-state index is 11.7. The minimum atomic E-state index is -0.105. The summed E-state index contributed by atoms with van der Waals surface area (Å²) < 4.78 is 4.86. The molecule has 3 nitrogen and oxygen atoms in total. The largest absolute Gasteiger partial charge is 0.469 e. The molecule has 0 aromatic heterocycles. The van der Waals surface area contributed by atoms with Crippen LogP contribution in [0.5, 0.6) is 0 Å². The van der Waals surface area contributed by atoms with Gasteiger partial charge < -0.3 is 9.64 Å². The molecule has 0 aromatic carbocycles. The standard InChI is InChI=1S/C12H25NO2/c1-8-9(11(14)15-7)10(13(5)6)12(2,3)4/h9-10H,8H2,1-7H3. The van der Waals surface area contributed by atoms with E-state index in [0.29, 0.717) is 0 Å². The van der Waals surface area contributed by atoms with Gasteiger partial charge in [0.15, 0.2) is 0 Å². The highest BCUT2D eigenvalue weighted by Gasteiger charge is 2.37. The van der Waals surface area contributed by atoms with E-state index in [1.807, 2.05) is 21.0 Å². The molecule has 15 heavy (non-hydrogen) atoms. The number of nitrogens with zero attached hydrogens (tertiary/aromatic N) is 1. The van der Waals surface area contributed by atoms with E-state index in [1.165, 1.54) is 7.11 Å². The van der Waals surface area contributed by atoms with Crippen LogP contribution in [0.1, 0.15) is 34.1 Å². The van der Waals surface area contributed by atoms with E-state index in [0.717, 1.165) is 6.42 Å². The van der Waals surface area contributed by atoms with E-state index in [4.69, 9.17) is 4.74 Å². The zero-order valence-corrected chi connectivity index (χ0v) is 11.1.